The zero-order chi connectivity index (χ0) is 25.5. The number of aryl methyl sites for hydroxylation is 2. The molecular weight excluding hydrogens is 467 g/mol. The summed E-state index contributed by atoms with van der Waals surface area (Å²) in [6.07, 6.45) is -2.24. The summed E-state index contributed by atoms with van der Waals surface area (Å²) in [5, 5.41) is 0. The molecule has 1 aliphatic heterocycles. The van der Waals surface area contributed by atoms with Crippen LogP contribution in [0.25, 0.3) is 0 Å². The fraction of sp³-hybridized carbons (Fsp3) is 0.357. The van der Waals surface area contributed by atoms with E-state index in [-0.39, 0.29) is 6.09 Å². The summed E-state index contributed by atoms with van der Waals surface area (Å²) < 4.78 is 43.7. The average Bonchev–Trinajstić information content (AvgIpc) is 2.85. The quantitative estimate of drug-likeness (QED) is 0.417. The van der Waals surface area contributed by atoms with Gasteiger partial charge in [-0.1, -0.05) is 30.3 Å². The molecule has 0 N–H and O–H groups in total. The van der Waals surface area contributed by atoms with Gasteiger partial charge in [0.1, 0.15) is 5.75 Å². The van der Waals surface area contributed by atoms with Crippen LogP contribution in [-0.4, -0.2) is 53.6 Å². The molecule has 36 heavy (non-hydrogen) atoms. The van der Waals surface area contributed by atoms with Crippen LogP contribution >= 0.6 is 0 Å². The topological polar surface area (TPSA) is 45.7 Å². The van der Waals surface area contributed by atoms with E-state index in [1.165, 1.54) is 12.1 Å². The van der Waals surface area contributed by atoms with Crippen LogP contribution in [0.2, 0.25) is 0 Å². The van der Waals surface area contributed by atoms with Gasteiger partial charge in [0.25, 0.3) is 0 Å². The molecule has 3 aromatic rings. The molecule has 1 amide bonds. The van der Waals surface area contributed by atoms with E-state index in [9.17, 15) is 18.0 Å². The molecule has 2 aromatic carbocycles. The Morgan fingerprint density at radius 3 is 2.17 bits per heavy atom. The number of pyridine rings is 1. The number of hydrogen-bond acceptors (Lipinski definition) is 4. The van der Waals surface area contributed by atoms with Crippen LogP contribution in [0.15, 0.2) is 66.7 Å². The van der Waals surface area contributed by atoms with Gasteiger partial charge >= 0.3 is 12.3 Å². The highest BCUT2D eigenvalue weighted by Crippen LogP contribution is 2.29. The molecular formula is C28H30F3N3O2. The monoisotopic (exact) mass is 497 g/mol. The van der Waals surface area contributed by atoms with Crippen LogP contribution < -0.4 is 4.74 Å². The number of aromatic nitrogens is 1. The summed E-state index contributed by atoms with van der Waals surface area (Å²) in [5.41, 5.74) is 3.19. The minimum Gasteiger partial charge on any atom is -0.410 e. The minimum absolute atomic E-state index is 0.367. The molecule has 0 spiro atoms. The van der Waals surface area contributed by atoms with Crippen molar-refractivity contribution in [1.82, 2.24) is 14.8 Å². The molecule has 4 rings (SSSR count). The fourth-order valence-corrected chi connectivity index (χ4v) is 4.26. The average molecular weight is 498 g/mol. The van der Waals surface area contributed by atoms with Gasteiger partial charge < -0.3 is 9.64 Å². The van der Waals surface area contributed by atoms with Crippen molar-refractivity contribution in [1.29, 1.82) is 0 Å². The molecule has 1 fully saturated rings. The van der Waals surface area contributed by atoms with E-state index >= 15 is 0 Å². The molecule has 1 saturated heterocycles. The lowest BCUT2D eigenvalue weighted by atomic mass is 10.0. The van der Waals surface area contributed by atoms with Gasteiger partial charge in [0.15, 0.2) is 0 Å². The summed E-state index contributed by atoms with van der Waals surface area (Å²) in [6, 6.07) is 18.3. The fourth-order valence-electron chi connectivity index (χ4n) is 4.26. The Balaban J connectivity index is 1.19. The number of carbonyl (C=O) groups excluding carboxylic acids is 1. The predicted molar refractivity (Wildman–Crippen MR) is 132 cm³/mol. The molecule has 0 bridgehead atoms. The SMILES string of the molecule is Cc1cccc(CCCN2CCN(C(=O)Oc3ccc(Cc4ccc(C(F)(F)F)cc4)cc3)CC2)n1. The van der Waals surface area contributed by atoms with Gasteiger partial charge in [-0.25, -0.2) is 4.79 Å². The van der Waals surface area contributed by atoms with Crippen molar-refractivity contribution in [3.05, 3.63) is 94.8 Å². The van der Waals surface area contributed by atoms with Crippen LogP contribution in [0.4, 0.5) is 18.0 Å². The number of ether oxygens (including phenoxy) is 1. The predicted octanol–water partition coefficient (Wildman–Crippen LogP) is 5.75. The molecule has 0 unspecified atom stereocenters. The van der Waals surface area contributed by atoms with Crippen LogP contribution in [0.3, 0.4) is 0 Å². The number of piperazine rings is 1. The van der Waals surface area contributed by atoms with Crippen LogP contribution in [-0.2, 0) is 19.0 Å². The van der Waals surface area contributed by atoms with E-state index in [4.69, 9.17) is 4.74 Å². The van der Waals surface area contributed by atoms with Gasteiger partial charge in [-0.05, 0) is 80.3 Å². The highest BCUT2D eigenvalue weighted by molar-refractivity contribution is 5.70. The van der Waals surface area contributed by atoms with Gasteiger partial charge in [-0.2, -0.15) is 13.2 Å². The lowest BCUT2D eigenvalue weighted by molar-refractivity contribution is -0.137. The maximum Gasteiger partial charge on any atom is 0.416 e. The number of halogens is 3. The Bertz CT molecular complexity index is 1140. The van der Waals surface area contributed by atoms with Crippen molar-refractivity contribution in [2.45, 2.75) is 32.4 Å². The zero-order valence-electron chi connectivity index (χ0n) is 20.3. The molecule has 0 radical (unpaired) electrons. The molecule has 0 aliphatic carbocycles. The lowest BCUT2D eigenvalue weighted by Gasteiger charge is -2.34. The Morgan fingerprint density at radius 1 is 0.917 bits per heavy atom. The van der Waals surface area contributed by atoms with E-state index < -0.39 is 11.7 Å². The largest absolute Gasteiger partial charge is 0.416 e. The van der Waals surface area contributed by atoms with Crippen molar-refractivity contribution >= 4 is 6.09 Å². The summed E-state index contributed by atoms with van der Waals surface area (Å²) >= 11 is 0. The Hall–Kier alpha value is -3.39. The molecule has 5 nitrogen and oxygen atoms in total. The van der Waals surface area contributed by atoms with Gasteiger partial charge in [-0.3, -0.25) is 9.88 Å². The van der Waals surface area contributed by atoms with Crippen molar-refractivity contribution in [2.24, 2.45) is 0 Å². The highest BCUT2D eigenvalue weighted by Gasteiger charge is 2.30. The van der Waals surface area contributed by atoms with E-state index in [1.807, 2.05) is 31.2 Å². The third-order valence-corrected chi connectivity index (χ3v) is 6.30. The maximum absolute atomic E-state index is 12.7. The van der Waals surface area contributed by atoms with Gasteiger partial charge in [0, 0.05) is 37.6 Å². The first-order valence-corrected chi connectivity index (χ1v) is 12.1. The van der Waals surface area contributed by atoms with Gasteiger partial charge in [-0.15, -0.1) is 0 Å². The first-order valence-electron chi connectivity index (χ1n) is 12.1. The summed E-state index contributed by atoms with van der Waals surface area (Å²) in [4.78, 5) is 21.2. The molecule has 0 saturated carbocycles. The van der Waals surface area contributed by atoms with Crippen molar-refractivity contribution < 1.29 is 22.7 Å². The highest BCUT2D eigenvalue weighted by atomic mass is 19.4. The number of hydrogen-bond donors (Lipinski definition) is 0. The second kappa shape index (κ2) is 11.6. The smallest absolute Gasteiger partial charge is 0.410 e. The first-order chi connectivity index (χ1) is 17.3. The molecule has 190 valence electrons. The molecule has 1 aliphatic rings. The number of rotatable bonds is 7. The number of alkyl halides is 3. The van der Waals surface area contributed by atoms with E-state index in [2.05, 4.69) is 16.0 Å². The number of benzene rings is 2. The van der Waals surface area contributed by atoms with E-state index in [0.29, 0.717) is 25.3 Å². The van der Waals surface area contributed by atoms with Crippen LogP contribution in [0, 0.1) is 6.92 Å². The maximum atomic E-state index is 12.7. The third-order valence-electron chi connectivity index (χ3n) is 6.30. The zero-order valence-corrected chi connectivity index (χ0v) is 20.3. The summed E-state index contributed by atoms with van der Waals surface area (Å²) in [5.74, 6) is 0.448. The minimum atomic E-state index is -4.34. The molecule has 2 heterocycles. The summed E-state index contributed by atoms with van der Waals surface area (Å²) in [6.45, 7) is 5.82. The van der Waals surface area contributed by atoms with Crippen LogP contribution in [0.5, 0.6) is 5.75 Å². The molecule has 8 heteroatoms. The number of nitrogens with zero attached hydrogens (tertiary/aromatic N) is 3. The first kappa shape index (κ1) is 25.7. The van der Waals surface area contributed by atoms with Crippen molar-refractivity contribution in [3.63, 3.8) is 0 Å². The lowest BCUT2D eigenvalue weighted by Crippen LogP contribution is -2.49. The second-order valence-electron chi connectivity index (χ2n) is 9.09. The Kier molecular flexibility index (Phi) is 8.25. The normalized spacial score (nSPS) is 14.6. The van der Waals surface area contributed by atoms with Crippen molar-refractivity contribution in [3.8, 4) is 5.75 Å². The van der Waals surface area contributed by atoms with Crippen LogP contribution in [0.1, 0.15) is 34.5 Å². The molecule has 0 atom stereocenters. The van der Waals surface area contributed by atoms with E-state index in [0.717, 1.165) is 67.1 Å². The Labute approximate surface area is 209 Å². The second-order valence-corrected chi connectivity index (χ2v) is 9.09. The summed E-state index contributed by atoms with van der Waals surface area (Å²) in [7, 11) is 0. The van der Waals surface area contributed by atoms with Gasteiger partial charge in [0.2, 0.25) is 0 Å². The number of amides is 1. The third kappa shape index (κ3) is 7.31. The molecule has 1 aromatic heterocycles. The Morgan fingerprint density at radius 2 is 1.56 bits per heavy atom. The van der Waals surface area contributed by atoms with E-state index in [1.54, 1.807) is 17.0 Å². The van der Waals surface area contributed by atoms with Gasteiger partial charge in [0.05, 0.1) is 5.56 Å². The number of carbonyl (C=O) groups is 1. The standard InChI is InChI=1S/C28H30F3N3O2/c1-21-4-2-5-25(32-21)6-3-15-33-16-18-34(19-17-33)27(35)36-26-13-9-23(10-14-26)20-22-7-11-24(12-8-22)28(29,30)31/h2,4-5,7-14H,3,6,15-20H2,1H3. The van der Waals surface area contributed by atoms with Crippen molar-refractivity contribution in [2.75, 3.05) is 32.7 Å².